The number of ether oxygens (including phenoxy) is 2. The minimum Gasteiger partial charge on any atom is -0.481 e. The maximum absolute atomic E-state index is 12.5. The molecule has 0 spiro atoms. The zero-order valence-corrected chi connectivity index (χ0v) is 36.4. The van der Waals surface area contributed by atoms with Crippen LogP contribution in [0.25, 0.3) is 0 Å². The van der Waals surface area contributed by atoms with E-state index in [1.165, 1.54) is 25.7 Å². The number of hydrogen-bond acceptors (Lipinski definition) is 10. The van der Waals surface area contributed by atoms with Gasteiger partial charge in [0.05, 0.1) is 9.49 Å². The van der Waals surface area contributed by atoms with Crippen molar-refractivity contribution in [3.8, 4) is 0 Å². The second-order valence-electron chi connectivity index (χ2n) is 17.5. The fourth-order valence-electron chi connectivity index (χ4n) is 6.49. The standard InChI is InChI=1S/C20H37NO6S.C20H37NO5S/c1-19(2,3)27-18(24)21-28(25,26)20(15-16-20)14-12-10-8-6-4-5-7-9-11-13-17(22)23;1-19(2,3)26-18(23)21-27(24,25)20(15-16-20)14-12-10-8-6-4-5-7-9-11-13-17-22/h4-16H2,1-3H3,(H,21,24)(H,22,23);17H,4-16H2,1-3H3,(H,21,23). The molecule has 3 N–H and O–H groups in total. The number of sulfonamides is 2. The Balaban J connectivity index is 0.000000550. The molecule has 55 heavy (non-hydrogen) atoms. The highest BCUT2D eigenvalue weighted by Crippen LogP contribution is 2.48. The van der Waals surface area contributed by atoms with Gasteiger partial charge in [-0.1, -0.05) is 103 Å². The second-order valence-corrected chi connectivity index (χ2v) is 21.7. The summed E-state index contributed by atoms with van der Waals surface area (Å²) >= 11 is 0. The average Bonchev–Trinajstić information content (AvgIpc) is 3.97. The van der Waals surface area contributed by atoms with Gasteiger partial charge in [-0.05, 0) is 92.9 Å². The molecule has 0 radical (unpaired) electrons. The molecular weight excluding hydrogens is 749 g/mol. The predicted octanol–water partition coefficient (Wildman–Crippen LogP) is 9.61. The molecule has 15 heteroatoms. The normalized spacial score (nSPS) is 15.9. The van der Waals surface area contributed by atoms with Gasteiger partial charge in [-0.25, -0.2) is 35.9 Å². The Morgan fingerprint density at radius 3 is 1.11 bits per heavy atom. The number of aldehydes is 1. The molecule has 0 atom stereocenters. The maximum atomic E-state index is 12.5. The van der Waals surface area contributed by atoms with E-state index in [4.69, 9.17) is 14.6 Å². The van der Waals surface area contributed by atoms with Crippen molar-refractivity contribution in [2.75, 3.05) is 0 Å². The van der Waals surface area contributed by atoms with E-state index in [2.05, 4.69) is 9.44 Å². The maximum Gasteiger partial charge on any atom is 0.421 e. The molecular formula is C40H74N2O11S2. The van der Waals surface area contributed by atoms with Gasteiger partial charge in [0, 0.05) is 12.8 Å². The van der Waals surface area contributed by atoms with E-state index in [1.807, 2.05) is 0 Å². The van der Waals surface area contributed by atoms with Crippen molar-refractivity contribution in [2.45, 2.75) is 229 Å². The number of carbonyl (C=O) groups is 4. The highest BCUT2D eigenvalue weighted by molar-refractivity contribution is 7.92. The second kappa shape index (κ2) is 24.4. The van der Waals surface area contributed by atoms with Gasteiger partial charge in [0.15, 0.2) is 0 Å². The molecule has 2 amide bonds. The van der Waals surface area contributed by atoms with Crippen molar-refractivity contribution in [1.82, 2.24) is 9.44 Å². The minimum absolute atomic E-state index is 0.257. The molecule has 13 nitrogen and oxygen atoms in total. The first-order valence-electron chi connectivity index (χ1n) is 20.8. The number of hydrogen-bond donors (Lipinski definition) is 3. The van der Waals surface area contributed by atoms with Crippen LogP contribution in [0.5, 0.6) is 0 Å². The molecule has 2 saturated carbocycles. The highest BCUT2D eigenvalue weighted by Gasteiger charge is 2.55. The van der Waals surface area contributed by atoms with Crippen LogP contribution in [0.3, 0.4) is 0 Å². The third-order valence-corrected chi connectivity index (χ3v) is 14.3. The van der Waals surface area contributed by atoms with Gasteiger partial charge in [0.2, 0.25) is 20.0 Å². The van der Waals surface area contributed by atoms with Crippen LogP contribution in [0.2, 0.25) is 0 Å². The molecule has 0 unspecified atom stereocenters. The monoisotopic (exact) mass is 822 g/mol. The fraction of sp³-hybridized carbons (Fsp3) is 0.900. The molecule has 0 saturated heterocycles. The first-order chi connectivity index (χ1) is 25.6. The Labute approximate surface area is 332 Å². The van der Waals surface area contributed by atoms with E-state index in [0.717, 1.165) is 96.2 Å². The molecule has 0 aromatic rings. The lowest BCUT2D eigenvalue weighted by molar-refractivity contribution is -0.137. The van der Waals surface area contributed by atoms with Gasteiger partial charge < -0.3 is 19.4 Å². The predicted molar refractivity (Wildman–Crippen MR) is 216 cm³/mol. The van der Waals surface area contributed by atoms with E-state index in [0.29, 0.717) is 44.9 Å². The van der Waals surface area contributed by atoms with Crippen LogP contribution in [0.4, 0.5) is 9.59 Å². The van der Waals surface area contributed by atoms with Gasteiger partial charge in [0.1, 0.15) is 17.5 Å². The number of nitrogens with one attached hydrogen (secondary N) is 2. The van der Waals surface area contributed by atoms with E-state index >= 15 is 0 Å². The van der Waals surface area contributed by atoms with Crippen molar-refractivity contribution >= 4 is 44.5 Å². The van der Waals surface area contributed by atoms with Crippen LogP contribution in [0.15, 0.2) is 0 Å². The number of aliphatic carboxylic acids is 1. The van der Waals surface area contributed by atoms with Crippen LogP contribution >= 0.6 is 0 Å². The molecule has 0 aromatic heterocycles. The lowest BCUT2D eigenvalue weighted by Crippen LogP contribution is -2.42. The number of rotatable bonds is 28. The van der Waals surface area contributed by atoms with Crippen molar-refractivity contribution in [1.29, 1.82) is 0 Å². The van der Waals surface area contributed by atoms with Gasteiger partial charge in [-0.3, -0.25) is 4.79 Å². The largest absolute Gasteiger partial charge is 0.481 e. The summed E-state index contributed by atoms with van der Waals surface area (Å²) in [5.74, 6) is -0.725. The van der Waals surface area contributed by atoms with E-state index in [9.17, 15) is 36.0 Å². The summed E-state index contributed by atoms with van der Waals surface area (Å²) < 4.78 is 62.7. The first kappa shape index (κ1) is 50.6. The van der Waals surface area contributed by atoms with Crippen LogP contribution in [0, 0.1) is 0 Å². The Morgan fingerprint density at radius 1 is 0.545 bits per heavy atom. The SMILES string of the molecule is CC(C)(C)OC(=O)NS(=O)(=O)C1(CCCCCCCCCCCC(=O)O)CC1.CC(C)(C)OC(=O)NS(=O)(=O)C1(CCCCCCCCCCCC=O)CC1. The number of carbonyl (C=O) groups excluding carboxylic acids is 3. The van der Waals surface area contributed by atoms with Gasteiger partial charge in [0.25, 0.3) is 0 Å². The lowest BCUT2D eigenvalue weighted by atomic mass is 10.0. The van der Waals surface area contributed by atoms with Crippen molar-refractivity contribution in [2.24, 2.45) is 0 Å². The molecule has 0 heterocycles. The Kier molecular flexibility index (Phi) is 22.4. The molecule has 2 aliphatic carbocycles. The van der Waals surface area contributed by atoms with Gasteiger partial charge >= 0.3 is 18.2 Å². The van der Waals surface area contributed by atoms with Crippen molar-refractivity contribution in [3.63, 3.8) is 0 Å². The number of amides is 2. The number of unbranched alkanes of at least 4 members (excludes halogenated alkanes) is 17. The average molecular weight is 823 g/mol. The molecule has 0 bridgehead atoms. The smallest absolute Gasteiger partial charge is 0.421 e. The van der Waals surface area contributed by atoms with E-state index < -0.39 is 58.9 Å². The van der Waals surface area contributed by atoms with E-state index in [-0.39, 0.29) is 6.42 Å². The third kappa shape index (κ3) is 22.8. The Morgan fingerprint density at radius 2 is 0.836 bits per heavy atom. The van der Waals surface area contributed by atoms with Gasteiger partial charge in [-0.15, -0.1) is 0 Å². The number of carboxylic acid groups (broad SMARTS) is 1. The molecule has 0 aromatic carbocycles. The summed E-state index contributed by atoms with van der Waals surface area (Å²) in [4.78, 5) is 44.2. The molecule has 322 valence electrons. The molecule has 2 rings (SSSR count). The van der Waals surface area contributed by atoms with Crippen LogP contribution in [0.1, 0.15) is 208 Å². The lowest BCUT2D eigenvalue weighted by Gasteiger charge is -2.22. The Hall–Kier alpha value is -2.42. The summed E-state index contributed by atoms with van der Waals surface area (Å²) in [6, 6.07) is 0. The number of carboxylic acids is 1. The zero-order valence-electron chi connectivity index (χ0n) is 34.8. The van der Waals surface area contributed by atoms with Crippen molar-refractivity contribution in [3.05, 3.63) is 0 Å². The summed E-state index contributed by atoms with van der Waals surface area (Å²) in [5, 5.41) is 8.57. The van der Waals surface area contributed by atoms with Gasteiger partial charge in [-0.2, -0.15) is 0 Å². The Bertz CT molecular complexity index is 1380. The summed E-state index contributed by atoms with van der Waals surface area (Å²) in [6.07, 6.45) is 22.7. The zero-order chi connectivity index (χ0) is 41.7. The van der Waals surface area contributed by atoms with Crippen LogP contribution in [-0.2, 0) is 39.1 Å². The third-order valence-electron chi connectivity index (χ3n) is 9.97. The summed E-state index contributed by atoms with van der Waals surface area (Å²) in [6.45, 7) is 10.2. The first-order valence-corrected chi connectivity index (χ1v) is 23.7. The van der Waals surface area contributed by atoms with Crippen LogP contribution in [-0.4, -0.2) is 67.1 Å². The summed E-state index contributed by atoms with van der Waals surface area (Å²) in [5.41, 5.74) is -1.45. The topological polar surface area (TPSA) is 199 Å². The van der Waals surface area contributed by atoms with Crippen molar-refractivity contribution < 1.29 is 50.6 Å². The summed E-state index contributed by atoms with van der Waals surface area (Å²) in [7, 11) is -7.39. The van der Waals surface area contributed by atoms with Crippen LogP contribution < -0.4 is 9.44 Å². The highest BCUT2D eigenvalue weighted by atomic mass is 32.2. The molecule has 2 fully saturated rings. The van der Waals surface area contributed by atoms with E-state index in [1.54, 1.807) is 41.5 Å². The molecule has 0 aliphatic heterocycles. The quantitative estimate of drug-likeness (QED) is 0.0501. The minimum atomic E-state index is -3.70. The fourth-order valence-corrected chi connectivity index (χ4v) is 9.55. The molecule has 2 aliphatic rings.